The minimum atomic E-state index is -0.197. The lowest BCUT2D eigenvalue weighted by atomic mass is 10.2. The number of hydrogen-bond donors (Lipinski definition) is 1. The van der Waals surface area contributed by atoms with Crippen molar-refractivity contribution in [1.82, 2.24) is 5.32 Å². The first-order chi connectivity index (χ1) is 7.29. The zero-order valence-corrected chi connectivity index (χ0v) is 8.92. The van der Waals surface area contributed by atoms with Crippen LogP contribution in [0.25, 0.3) is 0 Å². The van der Waals surface area contributed by atoms with Gasteiger partial charge >= 0.3 is 0 Å². The highest BCUT2D eigenvalue weighted by Gasteiger charge is 2.20. The first kappa shape index (κ1) is 10.4. The summed E-state index contributed by atoms with van der Waals surface area (Å²) in [4.78, 5) is 0. The Kier molecular flexibility index (Phi) is 3.21. The zero-order chi connectivity index (χ0) is 10.7. The predicted octanol–water partition coefficient (Wildman–Crippen LogP) is 2.33. The molecule has 1 fully saturated rings. The van der Waals surface area contributed by atoms with E-state index >= 15 is 0 Å². The Balaban J connectivity index is 1.88. The largest absolute Gasteiger partial charge is 0.497 e. The van der Waals surface area contributed by atoms with Gasteiger partial charge in [-0.1, -0.05) is 6.07 Å². The molecule has 0 saturated heterocycles. The van der Waals surface area contributed by atoms with Gasteiger partial charge in [0.25, 0.3) is 0 Å². The van der Waals surface area contributed by atoms with E-state index in [0.717, 1.165) is 12.5 Å². The summed E-state index contributed by atoms with van der Waals surface area (Å²) < 4.78 is 18.4. The monoisotopic (exact) mass is 209 g/mol. The number of methoxy groups -OCH3 is 1. The average molecular weight is 209 g/mol. The van der Waals surface area contributed by atoms with Crippen molar-refractivity contribution in [3.63, 3.8) is 0 Å². The lowest BCUT2D eigenvalue weighted by Gasteiger charge is -2.06. The summed E-state index contributed by atoms with van der Waals surface area (Å²) in [5, 5.41) is 3.26. The van der Waals surface area contributed by atoms with Gasteiger partial charge in [-0.05, 0) is 31.4 Å². The van der Waals surface area contributed by atoms with E-state index in [2.05, 4.69) is 5.32 Å². The highest BCUT2D eigenvalue weighted by molar-refractivity contribution is 5.28. The number of rotatable bonds is 5. The SMILES string of the molecule is COc1ccc(CNCC2CC2)c(F)c1. The van der Waals surface area contributed by atoms with E-state index in [0.29, 0.717) is 17.9 Å². The van der Waals surface area contributed by atoms with Crippen LogP contribution in [0.3, 0.4) is 0 Å². The number of nitrogens with one attached hydrogen (secondary N) is 1. The molecule has 0 bridgehead atoms. The first-order valence-electron chi connectivity index (χ1n) is 5.32. The molecule has 1 aromatic carbocycles. The molecule has 0 amide bonds. The van der Waals surface area contributed by atoms with E-state index in [9.17, 15) is 4.39 Å². The van der Waals surface area contributed by atoms with Crippen LogP contribution >= 0.6 is 0 Å². The first-order valence-corrected chi connectivity index (χ1v) is 5.32. The molecular weight excluding hydrogens is 193 g/mol. The van der Waals surface area contributed by atoms with Crippen molar-refractivity contribution >= 4 is 0 Å². The standard InChI is InChI=1S/C12H16FNO/c1-15-11-5-4-10(12(13)6-11)8-14-7-9-2-3-9/h4-6,9,14H,2-3,7-8H2,1H3. The number of halogens is 1. The fourth-order valence-corrected chi connectivity index (χ4v) is 1.53. The van der Waals surface area contributed by atoms with Gasteiger partial charge in [0.1, 0.15) is 11.6 Å². The van der Waals surface area contributed by atoms with Gasteiger partial charge in [0.15, 0.2) is 0 Å². The Morgan fingerprint density at radius 1 is 1.47 bits per heavy atom. The number of ether oxygens (including phenoxy) is 1. The van der Waals surface area contributed by atoms with Crippen LogP contribution in [0.1, 0.15) is 18.4 Å². The normalized spacial score (nSPS) is 15.3. The second-order valence-corrected chi connectivity index (χ2v) is 4.03. The summed E-state index contributed by atoms with van der Waals surface area (Å²) in [7, 11) is 1.54. The molecule has 1 saturated carbocycles. The van der Waals surface area contributed by atoms with Gasteiger partial charge < -0.3 is 10.1 Å². The Morgan fingerprint density at radius 3 is 2.87 bits per heavy atom. The molecule has 1 aliphatic rings. The summed E-state index contributed by atoms with van der Waals surface area (Å²) in [6, 6.07) is 4.99. The van der Waals surface area contributed by atoms with Gasteiger partial charge in [0, 0.05) is 18.2 Å². The van der Waals surface area contributed by atoms with Crippen molar-refractivity contribution in [2.45, 2.75) is 19.4 Å². The molecule has 0 aromatic heterocycles. The highest BCUT2D eigenvalue weighted by Crippen LogP contribution is 2.27. The van der Waals surface area contributed by atoms with Crippen LogP contribution in [0.2, 0.25) is 0 Å². The van der Waals surface area contributed by atoms with E-state index in [-0.39, 0.29) is 5.82 Å². The maximum atomic E-state index is 13.5. The average Bonchev–Trinajstić information content (AvgIpc) is 3.04. The third-order valence-electron chi connectivity index (χ3n) is 2.71. The maximum absolute atomic E-state index is 13.5. The second kappa shape index (κ2) is 4.62. The quantitative estimate of drug-likeness (QED) is 0.803. The molecule has 82 valence electrons. The van der Waals surface area contributed by atoms with E-state index in [1.807, 2.05) is 0 Å². The Hall–Kier alpha value is -1.09. The number of benzene rings is 1. The summed E-state index contributed by atoms with van der Waals surface area (Å²) in [6.45, 7) is 1.61. The van der Waals surface area contributed by atoms with Gasteiger partial charge in [-0.2, -0.15) is 0 Å². The van der Waals surface area contributed by atoms with E-state index < -0.39 is 0 Å². The Bertz CT molecular complexity index is 336. The molecule has 15 heavy (non-hydrogen) atoms. The molecule has 1 N–H and O–H groups in total. The summed E-state index contributed by atoms with van der Waals surface area (Å²) in [6.07, 6.45) is 2.64. The molecular formula is C12H16FNO. The minimum absolute atomic E-state index is 0.197. The van der Waals surface area contributed by atoms with Crippen LogP contribution in [0, 0.1) is 11.7 Å². The third kappa shape index (κ3) is 2.93. The van der Waals surface area contributed by atoms with Crippen LogP contribution in [0.5, 0.6) is 5.75 Å². The third-order valence-corrected chi connectivity index (χ3v) is 2.71. The van der Waals surface area contributed by atoms with Crippen LogP contribution in [-0.4, -0.2) is 13.7 Å². The van der Waals surface area contributed by atoms with Gasteiger partial charge in [-0.3, -0.25) is 0 Å². The van der Waals surface area contributed by atoms with E-state index in [4.69, 9.17) is 4.74 Å². The van der Waals surface area contributed by atoms with Crippen molar-refractivity contribution in [3.8, 4) is 5.75 Å². The molecule has 0 aliphatic heterocycles. The van der Waals surface area contributed by atoms with Gasteiger partial charge in [0.2, 0.25) is 0 Å². The second-order valence-electron chi connectivity index (χ2n) is 4.03. The Morgan fingerprint density at radius 2 is 2.27 bits per heavy atom. The molecule has 2 nitrogen and oxygen atoms in total. The molecule has 1 aliphatic carbocycles. The molecule has 0 spiro atoms. The molecule has 0 atom stereocenters. The predicted molar refractivity (Wildman–Crippen MR) is 57.4 cm³/mol. The lowest BCUT2D eigenvalue weighted by Crippen LogP contribution is -2.16. The molecule has 3 heteroatoms. The topological polar surface area (TPSA) is 21.3 Å². The molecule has 2 rings (SSSR count). The van der Waals surface area contributed by atoms with Crippen molar-refractivity contribution in [2.24, 2.45) is 5.92 Å². The maximum Gasteiger partial charge on any atom is 0.131 e. The van der Waals surface area contributed by atoms with Crippen molar-refractivity contribution in [1.29, 1.82) is 0 Å². The van der Waals surface area contributed by atoms with Gasteiger partial charge in [0.05, 0.1) is 7.11 Å². The highest BCUT2D eigenvalue weighted by atomic mass is 19.1. The van der Waals surface area contributed by atoms with Crippen LogP contribution < -0.4 is 10.1 Å². The molecule has 1 aromatic rings. The smallest absolute Gasteiger partial charge is 0.131 e. The van der Waals surface area contributed by atoms with E-state index in [1.165, 1.54) is 18.9 Å². The molecule has 0 unspecified atom stereocenters. The summed E-state index contributed by atoms with van der Waals surface area (Å²) in [5.41, 5.74) is 0.705. The van der Waals surface area contributed by atoms with Crippen LogP contribution in [0.4, 0.5) is 4.39 Å². The fourth-order valence-electron chi connectivity index (χ4n) is 1.53. The van der Waals surface area contributed by atoms with Crippen molar-refractivity contribution in [2.75, 3.05) is 13.7 Å². The molecule has 0 heterocycles. The Labute approximate surface area is 89.4 Å². The number of hydrogen-bond acceptors (Lipinski definition) is 2. The lowest BCUT2D eigenvalue weighted by molar-refractivity contribution is 0.410. The van der Waals surface area contributed by atoms with Gasteiger partial charge in [-0.15, -0.1) is 0 Å². The fraction of sp³-hybridized carbons (Fsp3) is 0.500. The van der Waals surface area contributed by atoms with Crippen molar-refractivity contribution < 1.29 is 9.13 Å². The van der Waals surface area contributed by atoms with Gasteiger partial charge in [-0.25, -0.2) is 4.39 Å². The summed E-state index contributed by atoms with van der Waals surface area (Å²) >= 11 is 0. The minimum Gasteiger partial charge on any atom is -0.497 e. The molecule has 0 radical (unpaired) electrons. The van der Waals surface area contributed by atoms with Crippen LogP contribution in [-0.2, 0) is 6.54 Å². The van der Waals surface area contributed by atoms with Crippen LogP contribution in [0.15, 0.2) is 18.2 Å². The van der Waals surface area contributed by atoms with Crippen molar-refractivity contribution in [3.05, 3.63) is 29.6 Å². The van der Waals surface area contributed by atoms with E-state index in [1.54, 1.807) is 19.2 Å². The summed E-state index contributed by atoms with van der Waals surface area (Å²) in [5.74, 6) is 1.20. The zero-order valence-electron chi connectivity index (χ0n) is 8.92.